The molecule has 152 valence electrons. The van der Waals surface area contributed by atoms with Crippen molar-refractivity contribution in [1.29, 1.82) is 0 Å². The third kappa shape index (κ3) is 5.31. The summed E-state index contributed by atoms with van der Waals surface area (Å²) in [5.74, 6) is 1.39. The standard InChI is InChI=1S/C21H23ClN4O2S/c1-13-9-10-14(2)17(11-13)23-19(27)12-29-21-25-24-20(26(21)4)15(3)28-18-8-6-5-7-16(18)22/h5-11,15H,12H2,1-4H3,(H,23,27)/t15-/m0/s1. The third-order valence-electron chi connectivity index (χ3n) is 4.37. The number of anilines is 1. The Hall–Kier alpha value is -2.51. The van der Waals surface area contributed by atoms with Crippen LogP contribution >= 0.6 is 23.4 Å². The van der Waals surface area contributed by atoms with E-state index in [1.807, 2.05) is 68.8 Å². The van der Waals surface area contributed by atoms with Gasteiger partial charge in [0, 0.05) is 12.7 Å². The quantitative estimate of drug-likeness (QED) is 0.536. The lowest BCUT2D eigenvalue weighted by atomic mass is 10.1. The largest absolute Gasteiger partial charge is 0.481 e. The minimum atomic E-state index is -0.342. The van der Waals surface area contributed by atoms with E-state index in [0.717, 1.165) is 16.8 Å². The number of nitrogens with zero attached hydrogens (tertiary/aromatic N) is 3. The number of aryl methyl sites for hydroxylation is 2. The molecule has 0 unspecified atom stereocenters. The average molecular weight is 431 g/mol. The first kappa shape index (κ1) is 21.2. The molecule has 0 bridgehead atoms. The van der Waals surface area contributed by atoms with Gasteiger partial charge in [-0.2, -0.15) is 0 Å². The van der Waals surface area contributed by atoms with Crippen LogP contribution < -0.4 is 10.1 Å². The van der Waals surface area contributed by atoms with Crippen LogP contribution in [0.1, 0.15) is 30.0 Å². The molecule has 0 spiro atoms. The van der Waals surface area contributed by atoms with Crippen molar-refractivity contribution in [1.82, 2.24) is 14.8 Å². The van der Waals surface area contributed by atoms with Gasteiger partial charge in [-0.1, -0.05) is 47.6 Å². The first-order valence-electron chi connectivity index (χ1n) is 9.15. The lowest BCUT2D eigenvalue weighted by Crippen LogP contribution is -2.15. The fourth-order valence-electron chi connectivity index (χ4n) is 2.78. The number of nitrogens with one attached hydrogen (secondary N) is 1. The van der Waals surface area contributed by atoms with E-state index >= 15 is 0 Å². The van der Waals surface area contributed by atoms with Gasteiger partial charge in [0.1, 0.15) is 5.75 Å². The summed E-state index contributed by atoms with van der Waals surface area (Å²) in [6.45, 7) is 5.85. The number of hydrogen-bond acceptors (Lipinski definition) is 5. The molecule has 1 atom stereocenters. The minimum absolute atomic E-state index is 0.0892. The zero-order valence-electron chi connectivity index (χ0n) is 16.8. The first-order valence-corrected chi connectivity index (χ1v) is 10.5. The van der Waals surface area contributed by atoms with Crippen LogP contribution in [0.4, 0.5) is 5.69 Å². The molecule has 0 aliphatic heterocycles. The smallest absolute Gasteiger partial charge is 0.234 e. The zero-order chi connectivity index (χ0) is 21.0. The normalized spacial score (nSPS) is 11.9. The maximum atomic E-state index is 12.4. The second-order valence-electron chi connectivity index (χ2n) is 6.75. The Morgan fingerprint density at radius 3 is 2.76 bits per heavy atom. The molecular formula is C21H23ClN4O2S. The highest BCUT2D eigenvalue weighted by molar-refractivity contribution is 7.99. The molecule has 0 radical (unpaired) electrons. The number of halogens is 1. The third-order valence-corrected chi connectivity index (χ3v) is 5.70. The summed E-state index contributed by atoms with van der Waals surface area (Å²) < 4.78 is 7.74. The van der Waals surface area contributed by atoms with E-state index in [2.05, 4.69) is 15.5 Å². The van der Waals surface area contributed by atoms with Crippen molar-refractivity contribution in [2.24, 2.45) is 7.05 Å². The Morgan fingerprint density at radius 1 is 1.24 bits per heavy atom. The van der Waals surface area contributed by atoms with Crippen molar-refractivity contribution >= 4 is 35.0 Å². The van der Waals surface area contributed by atoms with Crippen LogP contribution in [0.15, 0.2) is 47.6 Å². The number of rotatable bonds is 7. The van der Waals surface area contributed by atoms with Crippen molar-refractivity contribution in [2.45, 2.75) is 32.0 Å². The molecule has 1 aromatic heterocycles. The molecule has 0 aliphatic carbocycles. The molecule has 0 aliphatic rings. The maximum absolute atomic E-state index is 12.4. The molecule has 2 aromatic carbocycles. The summed E-state index contributed by atoms with van der Waals surface area (Å²) in [5.41, 5.74) is 2.96. The van der Waals surface area contributed by atoms with Crippen molar-refractivity contribution in [2.75, 3.05) is 11.1 Å². The van der Waals surface area contributed by atoms with E-state index in [1.165, 1.54) is 11.8 Å². The zero-order valence-corrected chi connectivity index (χ0v) is 18.3. The number of para-hydroxylation sites is 1. The van der Waals surface area contributed by atoms with Gasteiger partial charge in [-0.15, -0.1) is 10.2 Å². The second-order valence-corrected chi connectivity index (χ2v) is 8.10. The summed E-state index contributed by atoms with van der Waals surface area (Å²) in [6, 6.07) is 13.3. The SMILES string of the molecule is Cc1ccc(C)c(NC(=O)CSc2nnc([C@H](C)Oc3ccccc3Cl)n2C)c1. The van der Waals surface area contributed by atoms with Crippen LogP contribution in [-0.2, 0) is 11.8 Å². The first-order chi connectivity index (χ1) is 13.8. The van der Waals surface area contributed by atoms with E-state index in [4.69, 9.17) is 16.3 Å². The highest BCUT2D eigenvalue weighted by Gasteiger charge is 2.19. The number of amides is 1. The molecule has 0 saturated heterocycles. The van der Waals surface area contributed by atoms with Gasteiger partial charge in [0.2, 0.25) is 5.91 Å². The van der Waals surface area contributed by atoms with E-state index < -0.39 is 0 Å². The van der Waals surface area contributed by atoms with Crippen LogP contribution in [0.2, 0.25) is 5.02 Å². The summed E-state index contributed by atoms with van der Waals surface area (Å²) in [7, 11) is 1.85. The molecule has 1 heterocycles. The van der Waals surface area contributed by atoms with E-state index in [0.29, 0.717) is 21.8 Å². The average Bonchev–Trinajstić information content (AvgIpc) is 3.05. The maximum Gasteiger partial charge on any atom is 0.234 e. The molecule has 6 nitrogen and oxygen atoms in total. The van der Waals surface area contributed by atoms with Crippen LogP contribution in [-0.4, -0.2) is 26.4 Å². The molecule has 1 N–H and O–H groups in total. The van der Waals surface area contributed by atoms with Gasteiger partial charge in [-0.3, -0.25) is 4.79 Å². The molecule has 8 heteroatoms. The number of thioether (sulfide) groups is 1. The van der Waals surface area contributed by atoms with Crippen molar-refractivity contribution in [3.63, 3.8) is 0 Å². The lowest BCUT2D eigenvalue weighted by Gasteiger charge is -2.15. The highest BCUT2D eigenvalue weighted by atomic mass is 35.5. The number of ether oxygens (including phenoxy) is 1. The van der Waals surface area contributed by atoms with Crippen LogP contribution in [0.3, 0.4) is 0 Å². The minimum Gasteiger partial charge on any atom is -0.481 e. The number of aromatic nitrogens is 3. The van der Waals surface area contributed by atoms with Crippen LogP contribution in [0.25, 0.3) is 0 Å². The number of benzene rings is 2. The monoisotopic (exact) mass is 430 g/mol. The van der Waals surface area contributed by atoms with Gasteiger partial charge in [-0.05, 0) is 50.1 Å². The van der Waals surface area contributed by atoms with Gasteiger partial charge in [0.05, 0.1) is 10.8 Å². The van der Waals surface area contributed by atoms with Gasteiger partial charge < -0.3 is 14.6 Å². The summed E-state index contributed by atoms with van der Waals surface area (Å²) in [4.78, 5) is 12.4. The highest BCUT2D eigenvalue weighted by Crippen LogP contribution is 2.29. The molecular weight excluding hydrogens is 408 g/mol. The van der Waals surface area contributed by atoms with E-state index in [1.54, 1.807) is 6.07 Å². The number of carbonyl (C=O) groups is 1. The number of carbonyl (C=O) groups excluding carboxylic acids is 1. The number of hydrogen-bond donors (Lipinski definition) is 1. The van der Waals surface area contributed by atoms with Crippen LogP contribution in [0, 0.1) is 13.8 Å². The van der Waals surface area contributed by atoms with Gasteiger partial charge in [0.25, 0.3) is 0 Å². The van der Waals surface area contributed by atoms with Gasteiger partial charge in [0.15, 0.2) is 17.1 Å². The Labute approximate surface area is 179 Å². The molecule has 3 rings (SSSR count). The van der Waals surface area contributed by atoms with E-state index in [-0.39, 0.29) is 17.8 Å². The van der Waals surface area contributed by atoms with E-state index in [9.17, 15) is 4.79 Å². The lowest BCUT2D eigenvalue weighted by molar-refractivity contribution is -0.113. The van der Waals surface area contributed by atoms with Crippen LogP contribution in [0.5, 0.6) is 5.75 Å². The van der Waals surface area contributed by atoms with Gasteiger partial charge >= 0.3 is 0 Å². The van der Waals surface area contributed by atoms with Crippen molar-refractivity contribution in [3.05, 3.63) is 64.4 Å². The fourth-order valence-corrected chi connectivity index (χ4v) is 3.67. The predicted octanol–water partition coefficient (Wildman–Crippen LogP) is 4.96. The Balaban J connectivity index is 1.61. The topological polar surface area (TPSA) is 69.0 Å². The van der Waals surface area contributed by atoms with Crippen molar-refractivity contribution < 1.29 is 9.53 Å². The summed E-state index contributed by atoms with van der Waals surface area (Å²) >= 11 is 7.48. The fraction of sp³-hybridized carbons (Fsp3) is 0.286. The Bertz CT molecular complexity index is 1020. The van der Waals surface area contributed by atoms with Gasteiger partial charge in [-0.25, -0.2) is 0 Å². The Morgan fingerprint density at radius 2 is 2.00 bits per heavy atom. The summed E-state index contributed by atoms with van der Waals surface area (Å²) in [6.07, 6.45) is -0.342. The molecule has 29 heavy (non-hydrogen) atoms. The molecule has 0 fully saturated rings. The summed E-state index contributed by atoms with van der Waals surface area (Å²) in [5, 5.41) is 12.6. The molecule has 0 saturated carbocycles. The van der Waals surface area contributed by atoms with Crippen molar-refractivity contribution in [3.8, 4) is 5.75 Å². The second kappa shape index (κ2) is 9.33. The Kier molecular flexibility index (Phi) is 6.82. The predicted molar refractivity (Wildman–Crippen MR) is 117 cm³/mol. The molecule has 3 aromatic rings. The molecule has 1 amide bonds.